The van der Waals surface area contributed by atoms with Gasteiger partial charge in [-0.2, -0.15) is 0 Å². The normalized spacial score (nSPS) is 11.1. The van der Waals surface area contributed by atoms with Gasteiger partial charge in [0, 0.05) is 12.6 Å². The van der Waals surface area contributed by atoms with E-state index in [1.807, 2.05) is 29.8 Å². The van der Waals surface area contributed by atoms with Crippen LogP contribution in [0, 0.1) is 5.82 Å². The number of aromatic nitrogens is 2. The van der Waals surface area contributed by atoms with Gasteiger partial charge in [0.05, 0.1) is 21.7 Å². The number of benzene rings is 2. The van der Waals surface area contributed by atoms with Gasteiger partial charge in [-0.3, -0.25) is 0 Å². The number of aryl methyl sites for hydroxylation is 1. The smallest absolute Gasteiger partial charge is 0.146 e. The summed E-state index contributed by atoms with van der Waals surface area (Å²) in [6.07, 6.45) is 0. The van der Waals surface area contributed by atoms with Crippen LogP contribution in [0.4, 0.5) is 10.1 Å². The molecule has 5 heteroatoms. The molecule has 0 fully saturated rings. The molecule has 0 amide bonds. The zero-order valence-electron chi connectivity index (χ0n) is 10.2. The van der Waals surface area contributed by atoms with Gasteiger partial charge in [0.25, 0.3) is 0 Å². The predicted molar refractivity (Wildman–Crippen MR) is 75.5 cm³/mol. The number of para-hydroxylation sites is 1. The minimum Gasteiger partial charge on any atom is -0.396 e. The molecule has 0 spiro atoms. The summed E-state index contributed by atoms with van der Waals surface area (Å²) in [5.41, 5.74) is 8.11. The van der Waals surface area contributed by atoms with E-state index >= 15 is 0 Å². The Morgan fingerprint density at radius 2 is 2.05 bits per heavy atom. The number of halogens is 2. The zero-order valence-corrected chi connectivity index (χ0v) is 10.9. The molecule has 3 rings (SSSR count). The molecule has 0 unspecified atom stereocenters. The molecule has 3 aromatic rings. The first kappa shape index (κ1) is 12.0. The van der Waals surface area contributed by atoms with Crippen molar-refractivity contribution in [1.29, 1.82) is 0 Å². The maximum absolute atomic E-state index is 13.2. The van der Waals surface area contributed by atoms with Crippen LogP contribution in [0.3, 0.4) is 0 Å². The van der Waals surface area contributed by atoms with E-state index in [2.05, 4.69) is 4.98 Å². The number of rotatable bonds is 1. The van der Waals surface area contributed by atoms with Crippen LogP contribution in [0.5, 0.6) is 0 Å². The Morgan fingerprint density at radius 1 is 1.26 bits per heavy atom. The van der Waals surface area contributed by atoms with Crippen molar-refractivity contribution in [3.05, 3.63) is 47.2 Å². The molecule has 2 N–H and O–H groups in total. The van der Waals surface area contributed by atoms with Crippen molar-refractivity contribution in [3.8, 4) is 11.4 Å². The minimum atomic E-state index is -0.430. The molecule has 0 aliphatic carbocycles. The average Bonchev–Trinajstić information content (AvgIpc) is 2.72. The summed E-state index contributed by atoms with van der Waals surface area (Å²) in [7, 11) is 1.87. The third-order valence-corrected chi connectivity index (χ3v) is 3.40. The van der Waals surface area contributed by atoms with Gasteiger partial charge in [0.1, 0.15) is 11.6 Å². The molecule has 1 aromatic heterocycles. The molecular formula is C14H11ClFN3. The van der Waals surface area contributed by atoms with Gasteiger partial charge in [0.15, 0.2) is 0 Å². The molecule has 0 atom stereocenters. The van der Waals surface area contributed by atoms with Crippen LogP contribution in [0.15, 0.2) is 36.4 Å². The Bertz CT molecular complexity index is 780. The van der Waals surface area contributed by atoms with Crippen molar-refractivity contribution < 1.29 is 4.39 Å². The highest BCUT2D eigenvalue weighted by Crippen LogP contribution is 2.29. The van der Waals surface area contributed by atoms with Crippen molar-refractivity contribution >= 4 is 28.3 Å². The van der Waals surface area contributed by atoms with Crippen molar-refractivity contribution in [2.75, 3.05) is 5.73 Å². The van der Waals surface area contributed by atoms with E-state index in [-0.39, 0.29) is 5.69 Å². The van der Waals surface area contributed by atoms with Crippen molar-refractivity contribution in [1.82, 2.24) is 9.55 Å². The first-order chi connectivity index (χ1) is 9.08. The number of nitrogen functional groups attached to an aromatic ring is 1. The summed E-state index contributed by atoms with van der Waals surface area (Å²) in [5.74, 6) is 0.273. The number of hydrogen-bond donors (Lipinski definition) is 1. The van der Waals surface area contributed by atoms with Gasteiger partial charge in [-0.15, -0.1) is 0 Å². The van der Waals surface area contributed by atoms with Crippen LogP contribution in [0.2, 0.25) is 5.02 Å². The average molecular weight is 276 g/mol. The highest BCUT2D eigenvalue weighted by molar-refractivity contribution is 6.35. The Kier molecular flexibility index (Phi) is 2.68. The second-order valence-electron chi connectivity index (χ2n) is 4.34. The lowest BCUT2D eigenvalue weighted by Gasteiger charge is -2.04. The maximum Gasteiger partial charge on any atom is 0.146 e. The van der Waals surface area contributed by atoms with Crippen molar-refractivity contribution in [2.24, 2.45) is 7.05 Å². The van der Waals surface area contributed by atoms with E-state index in [1.165, 1.54) is 6.07 Å². The lowest BCUT2D eigenvalue weighted by molar-refractivity contribution is 0.632. The monoisotopic (exact) mass is 275 g/mol. The fourth-order valence-electron chi connectivity index (χ4n) is 2.16. The lowest BCUT2D eigenvalue weighted by atomic mass is 10.2. The van der Waals surface area contributed by atoms with Gasteiger partial charge >= 0.3 is 0 Å². The van der Waals surface area contributed by atoms with Gasteiger partial charge in [-0.25, -0.2) is 9.37 Å². The molecule has 0 saturated carbocycles. The number of anilines is 1. The first-order valence-electron chi connectivity index (χ1n) is 5.74. The lowest BCUT2D eigenvalue weighted by Crippen LogP contribution is -1.95. The summed E-state index contributed by atoms with van der Waals surface area (Å²) in [6.45, 7) is 0. The van der Waals surface area contributed by atoms with Crippen LogP contribution in [-0.2, 0) is 7.05 Å². The van der Waals surface area contributed by atoms with E-state index in [0.717, 1.165) is 16.6 Å². The number of nitrogens with zero attached hydrogens (tertiary/aromatic N) is 2. The second-order valence-corrected chi connectivity index (χ2v) is 4.75. The van der Waals surface area contributed by atoms with Crippen molar-refractivity contribution in [2.45, 2.75) is 0 Å². The molecule has 0 aliphatic heterocycles. The zero-order chi connectivity index (χ0) is 13.6. The number of imidazole rings is 1. The highest BCUT2D eigenvalue weighted by Gasteiger charge is 2.13. The third kappa shape index (κ3) is 1.85. The molecule has 0 saturated heterocycles. The Balaban J connectivity index is 2.28. The van der Waals surface area contributed by atoms with Crippen LogP contribution >= 0.6 is 11.6 Å². The SMILES string of the molecule is Cn1c(-c2ccc(F)c(N)c2)nc2cccc(Cl)c21. The molecule has 96 valence electrons. The summed E-state index contributed by atoms with van der Waals surface area (Å²) in [5, 5.41) is 0.633. The Morgan fingerprint density at radius 3 is 2.74 bits per heavy atom. The van der Waals surface area contributed by atoms with E-state index in [1.54, 1.807) is 12.1 Å². The fourth-order valence-corrected chi connectivity index (χ4v) is 2.46. The Labute approximate surface area is 114 Å². The molecule has 0 bridgehead atoms. The van der Waals surface area contributed by atoms with Gasteiger partial charge < -0.3 is 10.3 Å². The molecule has 2 aromatic carbocycles. The van der Waals surface area contributed by atoms with E-state index < -0.39 is 5.82 Å². The standard InChI is InChI=1S/C14H11ClFN3/c1-19-13-9(15)3-2-4-12(13)18-14(19)8-5-6-10(16)11(17)7-8/h2-7H,17H2,1H3. The number of nitrogens with two attached hydrogens (primary N) is 1. The molecule has 1 heterocycles. The highest BCUT2D eigenvalue weighted by atomic mass is 35.5. The molecule has 0 aliphatic rings. The number of hydrogen-bond acceptors (Lipinski definition) is 2. The molecule has 19 heavy (non-hydrogen) atoms. The van der Waals surface area contributed by atoms with Gasteiger partial charge in [-0.1, -0.05) is 17.7 Å². The quantitative estimate of drug-likeness (QED) is 0.690. The molecule has 3 nitrogen and oxygen atoms in total. The molecule has 0 radical (unpaired) electrons. The fraction of sp³-hybridized carbons (Fsp3) is 0.0714. The summed E-state index contributed by atoms with van der Waals surface area (Å²) >= 11 is 6.17. The third-order valence-electron chi connectivity index (χ3n) is 3.10. The van der Waals surface area contributed by atoms with Gasteiger partial charge in [0.2, 0.25) is 0 Å². The minimum absolute atomic E-state index is 0.107. The maximum atomic E-state index is 13.2. The predicted octanol–water partition coefficient (Wildman–Crippen LogP) is 3.62. The van der Waals surface area contributed by atoms with Crippen LogP contribution in [-0.4, -0.2) is 9.55 Å². The van der Waals surface area contributed by atoms with Crippen LogP contribution < -0.4 is 5.73 Å². The van der Waals surface area contributed by atoms with Crippen molar-refractivity contribution in [3.63, 3.8) is 0 Å². The number of fused-ring (bicyclic) bond motifs is 1. The summed E-state index contributed by atoms with van der Waals surface area (Å²) in [6, 6.07) is 10.1. The van der Waals surface area contributed by atoms with Gasteiger partial charge in [-0.05, 0) is 30.3 Å². The van der Waals surface area contributed by atoms with Crippen LogP contribution in [0.25, 0.3) is 22.4 Å². The largest absolute Gasteiger partial charge is 0.396 e. The second kappa shape index (κ2) is 4.24. The molecular weight excluding hydrogens is 265 g/mol. The topological polar surface area (TPSA) is 43.8 Å². The first-order valence-corrected chi connectivity index (χ1v) is 6.12. The van der Waals surface area contributed by atoms with E-state index in [4.69, 9.17) is 17.3 Å². The Hall–Kier alpha value is -2.07. The van der Waals surface area contributed by atoms with E-state index in [0.29, 0.717) is 10.8 Å². The summed E-state index contributed by atoms with van der Waals surface area (Å²) in [4.78, 5) is 4.51. The summed E-state index contributed by atoms with van der Waals surface area (Å²) < 4.78 is 15.1. The van der Waals surface area contributed by atoms with E-state index in [9.17, 15) is 4.39 Å². The van der Waals surface area contributed by atoms with Crippen LogP contribution in [0.1, 0.15) is 0 Å².